The summed E-state index contributed by atoms with van der Waals surface area (Å²) in [6, 6.07) is 0. The molecule has 14 heavy (non-hydrogen) atoms. The molecule has 0 radical (unpaired) electrons. The first-order chi connectivity index (χ1) is 6.65. The first-order valence-corrected chi connectivity index (χ1v) is 4.99. The Labute approximate surface area is 84.1 Å². The normalized spacial score (nSPS) is 19.8. The Bertz CT molecular complexity index is 231. The number of hydrogen-bond acceptors (Lipinski definition) is 2. The second kappa shape index (κ2) is 4.83. The first kappa shape index (κ1) is 10.8. The van der Waals surface area contributed by atoms with Gasteiger partial charge in [-0.15, -0.1) is 0 Å². The maximum absolute atomic E-state index is 10.9. The number of rotatable bonds is 2. The number of primary amides is 1. The highest BCUT2D eigenvalue weighted by molar-refractivity contribution is 5.79. The van der Waals surface area contributed by atoms with Crippen LogP contribution in [0, 0.1) is 5.92 Å². The van der Waals surface area contributed by atoms with Crippen molar-refractivity contribution in [1.82, 2.24) is 4.90 Å². The molecule has 1 saturated heterocycles. The van der Waals surface area contributed by atoms with Crippen LogP contribution in [0.25, 0.3) is 0 Å². The van der Waals surface area contributed by atoms with Crippen LogP contribution in [-0.4, -0.2) is 36.4 Å². The fourth-order valence-electron chi connectivity index (χ4n) is 1.66. The van der Waals surface area contributed by atoms with Crippen LogP contribution in [0.15, 0.2) is 4.99 Å². The Balaban J connectivity index is 2.43. The molecule has 4 N–H and O–H groups in total. The summed E-state index contributed by atoms with van der Waals surface area (Å²) < 4.78 is 0. The van der Waals surface area contributed by atoms with Gasteiger partial charge in [-0.2, -0.15) is 0 Å². The molecule has 1 fully saturated rings. The largest absolute Gasteiger partial charge is 0.370 e. The minimum Gasteiger partial charge on any atom is -0.370 e. The lowest BCUT2D eigenvalue weighted by Crippen LogP contribution is -2.45. The van der Waals surface area contributed by atoms with Crippen molar-refractivity contribution >= 4 is 11.9 Å². The van der Waals surface area contributed by atoms with Gasteiger partial charge in [-0.25, -0.2) is 0 Å². The lowest BCUT2D eigenvalue weighted by Gasteiger charge is -2.31. The zero-order valence-corrected chi connectivity index (χ0v) is 8.57. The summed E-state index contributed by atoms with van der Waals surface area (Å²) in [6.45, 7) is 4.20. The van der Waals surface area contributed by atoms with Crippen molar-refractivity contribution in [2.45, 2.75) is 19.8 Å². The molecule has 0 atom stereocenters. The zero-order chi connectivity index (χ0) is 10.6. The molecule has 5 nitrogen and oxygen atoms in total. The molecule has 0 spiro atoms. The summed E-state index contributed by atoms with van der Waals surface area (Å²) in [5, 5.41) is 0. The van der Waals surface area contributed by atoms with Crippen molar-refractivity contribution in [3.8, 4) is 0 Å². The summed E-state index contributed by atoms with van der Waals surface area (Å²) in [6.07, 6.45) is 1.57. The molecule has 5 heteroatoms. The predicted octanol–water partition coefficient (Wildman–Crippen LogP) is -0.482. The van der Waals surface area contributed by atoms with E-state index >= 15 is 0 Å². The highest BCUT2D eigenvalue weighted by Crippen LogP contribution is 2.15. The second-order valence-electron chi connectivity index (χ2n) is 3.50. The van der Waals surface area contributed by atoms with Crippen LogP contribution in [-0.2, 0) is 4.79 Å². The molecule has 0 aromatic rings. The Morgan fingerprint density at radius 3 is 2.43 bits per heavy atom. The Kier molecular flexibility index (Phi) is 3.73. The second-order valence-corrected chi connectivity index (χ2v) is 3.50. The third kappa shape index (κ3) is 2.61. The van der Waals surface area contributed by atoms with Crippen LogP contribution in [0.5, 0.6) is 0 Å². The van der Waals surface area contributed by atoms with E-state index < -0.39 is 0 Å². The van der Waals surface area contributed by atoms with Crippen molar-refractivity contribution < 1.29 is 4.79 Å². The van der Waals surface area contributed by atoms with Crippen LogP contribution in [0.1, 0.15) is 19.8 Å². The van der Waals surface area contributed by atoms with E-state index in [-0.39, 0.29) is 11.8 Å². The van der Waals surface area contributed by atoms with Gasteiger partial charge >= 0.3 is 0 Å². The summed E-state index contributed by atoms with van der Waals surface area (Å²) >= 11 is 0. The van der Waals surface area contributed by atoms with E-state index in [1.165, 1.54) is 0 Å². The van der Waals surface area contributed by atoms with E-state index in [9.17, 15) is 4.79 Å². The van der Waals surface area contributed by atoms with Gasteiger partial charge in [0, 0.05) is 25.6 Å². The summed E-state index contributed by atoms with van der Waals surface area (Å²) in [5.41, 5.74) is 11.0. The average molecular weight is 198 g/mol. The van der Waals surface area contributed by atoms with E-state index in [2.05, 4.69) is 4.99 Å². The molecule has 1 rings (SSSR count). The molecule has 80 valence electrons. The van der Waals surface area contributed by atoms with Gasteiger partial charge in [0.15, 0.2) is 5.96 Å². The SMILES string of the molecule is CCN=C(N)N1CCC(C(N)=O)CC1. The van der Waals surface area contributed by atoms with Gasteiger partial charge in [-0.3, -0.25) is 9.79 Å². The molecular weight excluding hydrogens is 180 g/mol. The Morgan fingerprint density at radius 1 is 1.43 bits per heavy atom. The first-order valence-electron chi connectivity index (χ1n) is 4.99. The standard InChI is InChI=1S/C9H18N4O/c1-2-12-9(11)13-5-3-7(4-6-13)8(10)14/h7H,2-6H2,1H3,(H2,10,14)(H2,11,12). The number of carbonyl (C=O) groups excluding carboxylic acids is 1. The number of nitrogens with two attached hydrogens (primary N) is 2. The maximum Gasteiger partial charge on any atom is 0.220 e. The molecular formula is C9H18N4O. The third-order valence-electron chi connectivity index (χ3n) is 2.54. The van der Waals surface area contributed by atoms with Gasteiger partial charge in [0.25, 0.3) is 0 Å². The lowest BCUT2D eigenvalue weighted by molar-refractivity contribution is -0.122. The minimum absolute atomic E-state index is 0.0145. The van der Waals surface area contributed by atoms with Crippen molar-refractivity contribution in [3.63, 3.8) is 0 Å². The molecule has 0 unspecified atom stereocenters. The number of guanidine groups is 1. The molecule has 0 aromatic heterocycles. The van der Waals surface area contributed by atoms with E-state index in [1.54, 1.807) is 0 Å². The zero-order valence-electron chi connectivity index (χ0n) is 8.57. The quantitative estimate of drug-likeness (QED) is 0.464. The number of hydrogen-bond donors (Lipinski definition) is 2. The molecule has 0 aromatic carbocycles. The van der Waals surface area contributed by atoms with Gasteiger partial charge in [0.1, 0.15) is 0 Å². The molecule has 0 bridgehead atoms. The number of aliphatic imine (C=N–C) groups is 1. The summed E-state index contributed by atoms with van der Waals surface area (Å²) in [4.78, 5) is 17.0. The molecule has 0 saturated carbocycles. The summed E-state index contributed by atoms with van der Waals surface area (Å²) in [7, 11) is 0. The van der Waals surface area contributed by atoms with Crippen molar-refractivity contribution in [1.29, 1.82) is 0 Å². The molecule has 1 amide bonds. The minimum atomic E-state index is -0.198. The fourth-order valence-corrected chi connectivity index (χ4v) is 1.66. The Morgan fingerprint density at radius 2 is 2.00 bits per heavy atom. The van der Waals surface area contributed by atoms with E-state index in [1.807, 2.05) is 11.8 Å². The van der Waals surface area contributed by atoms with Crippen molar-refractivity contribution in [3.05, 3.63) is 0 Å². The van der Waals surface area contributed by atoms with E-state index in [4.69, 9.17) is 11.5 Å². The van der Waals surface area contributed by atoms with Crippen molar-refractivity contribution in [2.75, 3.05) is 19.6 Å². The molecule has 1 aliphatic rings. The van der Waals surface area contributed by atoms with Gasteiger partial charge in [-0.05, 0) is 19.8 Å². The van der Waals surface area contributed by atoms with Crippen LogP contribution in [0.4, 0.5) is 0 Å². The maximum atomic E-state index is 10.9. The smallest absolute Gasteiger partial charge is 0.220 e. The highest BCUT2D eigenvalue weighted by Gasteiger charge is 2.23. The number of piperidine rings is 1. The molecule has 1 heterocycles. The fraction of sp³-hybridized carbons (Fsp3) is 0.778. The summed E-state index contributed by atoms with van der Waals surface area (Å²) in [5.74, 6) is 0.395. The van der Waals surface area contributed by atoms with E-state index in [0.717, 1.165) is 25.9 Å². The number of carbonyl (C=O) groups is 1. The lowest BCUT2D eigenvalue weighted by atomic mass is 9.96. The average Bonchev–Trinajstić information content (AvgIpc) is 2.18. The van der Waals surface area contributed by atoms with Gasteiger partial charge in [0.05, 0.1) is 0 Å². The van der Waals surface area contributed by atoms with Crippen LogP contribution < -0.4 is 11.5 Å². The number of nitrogens with zero attached hydrogens (tertiary/aromatic N) is 2. The van der Waals surface area contributed by atoms with Gasteiger partial charge in [-0.1, -0.05) is 0 Å². The number of amides is 1. The Hall–Kier alpha value is -1.26. The topological polar surface area (TPSA) is 84.7 Å². The predicted molar refractivity (Wildman–Crippen MR) is 55.7 cm³/mol. The van der Waals surface area contributed by atoms with Crippen LogP contribution >= 0.6 is 0 Å². The molecule has 0 aliphatic carbocycles. The van der Waals surface area contributed by atoms with Crippen LogP contribution in [0.3, 0.4) is 0 Å². The highest BCUT2D eigenvalue weighted by atomic mass is 16.1. The van der Waals surface area contributed by atoms with E-state index in [0.29, 0.717) is 12.5 Å². The van der Waals surface area contributed by atoms with Crippen molar-refractivity contribution in [2.24, 2.45) is 22.4 Å². The van der Waals surface area contributed by atoms with Gasteiger partial charge in [0.2, 0.25) is 5.91 Å². The monoisotopic (exact) mass is 198 g/mol. The van der Waals surface area contributed by atoms with Crippen LogP contribution in [0.2, 0.25) is 0 Å². The third-order valence-corrected chi connectivity index (χ3v) is 2.54. The number of likely N-dealkylation sites (tertiary alicyclic amines) is 1. The van der Waals surface area contributed by atoms with Gasteiger partial charge < -0.3 is 16.4 Å². The molecule has 1 aliphatic heterocycles.